The van der Waals surface area contributed by atoms with E-state index in [1.165, 1.54) is 4.90 Å². The SMILES string of the molecule is CC(C)N(CC(=O)O)C(=O)c1ccc2nccnc2c1. The maximum absolute atomic E-state index is 12.4. The van der Waals surface area contributed by atoms with E-state index in [9.17, 15) is 9.59 Å². The highest BCUT2D eigenvalue weighted by molar-refractivity contribution is 5.98. The van der Waals surface area contributed by atoms with Crippen molar-refractivity contribution in [2.75, 3.05) is 6.54 Å². The Kier molecular flexibility index (Phi) is 3.93. The summed E-state index contributed by atoms with van der Waals surface area (Å²) in [7, 11) is 0. The van der Waals surface area contributed by atoms with Gasteiger partial charge in [-0.3, -0.25) is 19.6 Å². The second-order valence-corrected chi connectivity index (χ2v) is 4.68. The first-order valence-electron chi connectivity index (χ1n) is 6.22. The molecular formula is C14H15N3O3. The van der Waals surface area contributed by atoms with Crippen molar-refractivity contribution in [2.45, 2.75) is 19.9 Å². The highest BCUT2D eigenvalue weighted by Gasteiger charge is 2.21. The Balaban J connectivity index is 2.35. The van der Waals surface area contributed by atoms with Crippen LogP contribution in [0.4, 0.5) is 0 Å². The molecule has 0 saturated heterocycles. The van der Waals surface area contributed by atoms with E-state index in [2.05, 4.69) is 9.97 Å². The number of carbonyl (C=O) groups is 2. The number of nitrogens with zero attached hydrogens (tertiary/aromatic N) is 3. The molecule has 2 rings (SSSR count). The number of hydrogen-bond donors (Lipinski definition) is 1. The van der Waals surface area contributed by atoms with Crippen LogP contribution >= 0.6 is 0 Å². The second-order valence-electron chi connectivity index (χ2n) is 4.68. The van der Waals surface area contributed by atoms with Crippen LogP contribution in [0.1, 0.15) is 24.2 Å². The molecule has 0 atom stereocenters. The molecule has 6 nitrogen and oxygen atoms in total. The van der Waals surface area contributed by atoms with Crippen LogP contribution in [-0.2, 0) is 4.79 Å². The van der Waals surface area contributed by atoms with Gasteiger partial charge in [0.1, 0.15) is 6.54 Å². The zero-order valence-electron chi connectivity index (χ0n) is 11.3. The molecule has 104 valence electrons. The van der Waals surface area contributed by atoms with Gasteiger partial charge in [-0.2, -0.15) is 0 Å². The summed E-state index contributed by atoms with van der Waals surface area (Å²) in [6.45, 7) is 3.23. The van der Waals surface area contributed by atoms with E-state index in [0.717, 1.165) is 0 Å². The van der Waals surface area contributed by atoms with Crippen molar-refractivity contribution in [3.8, 4) is 0 Å². The molecule has 1 aromatic carbocycles. The zero-order valence-corrected chi connectivity index (χ0v) is 11.3. The summed E-state index contributed by atoms with van der Waals surface area (Å²) >= 11 is 0. The number of amides is 1. The average Bonchev–Trinajstić information content (AvgIpc) is 2.43. The van der Waals surface area contributed by atoms with Crippen LogP contribution in [0.5, 0.6) is 0 Å². The van der Waals surface area contributed by atoms with Crippen molar-refractivity contribution in [1.82, 2.24) is 14.9 Å². The minimum atomic E-state index is -1.03. The Hall–Kier alpha value is -2.50. The average molecular weight is 273 g/mol. The largest absolute Gasteiger partial charge is 0.480 e. The summed E-state index contributed by atoms with van der Waals surface area (Å²) in [4.78, 5) is 32.8. The number of hydrogen-bond acceptors (Lipinski definition) is 4. The summed E-state index contributed by atoms with van der Waals surface area (Å²) in [6, 6.07) is 4.77. The third-order valence-electron chi connectivity index (χ3n) is 2.91. The molecule has 0 aliphatic heterocycles. The number of aromatic nitrogens is 2. The van der Waals surface area contributed by atoms with Crippen LogP contribution in [0.15, 0.2) is 30.6 Å². The zero-order chi connectivity index (χ0) is 14.7. The molecule has 0 spiro atoms. The number of carbonyl (C=O) groups excluding carboxylic acids is 1. The first-order chi connectivity index (χ1) is 9.49. The molecule has 1 N–H and O–H groups in total. The van der Waals surface area contributed by atoms with Crippen molar-refractivity contribution < 1.29 is 14.7 Å². The summed E-state index contributed by atoms with van der Waals surface area (Å²) in [6.07, 6.45) is 3.13. The normalized spacial score (nSPS) is 10.8. The van der Waals surface area contributed by atoms with Crippen LogP contribution in [0.25, 0.3) is 11.0 Å². The summed E-state index contributed by atoms with van der Waals surface area (Å²) < 4.78 is 0. The van der Waals surface area contributed by atoms with Crippen molar-refractivity contribution >= 4 is 22.9 Å². The van der Waals surface area contributed by atoms with Gasteiger partial charge in [0.05, 0.1) is 11.0 Å². The van der Waals surface area contributed by atoms with Gasteiger partial charge in [-0.1, -0.05) is 0 Å². The number of benzene rings is 1. The third-order valence-corrected chi connectivity index (χ3v) is 2.91. The molecule has 0 fully saturated rings. The molecule has 0 saturated carbocycles. The van der Waals surface area contributed by atoms with E-state index in [1.807, 2.05) is 0 Å². The van der Waals surface area contributed by atoms with Gasteiger partial charge in [-0.25, -0.2) is 0 Å². The maximum atomic E-state index is 12.4. The van der Waals surface area contributed by atoms with Gasteiger partial charge in [-0.05, 0) is 32.0 Å². The molecule has 0 unspecified atom stereocenters. The fourth-order valence-electron chi connectivity index (χ4n) is 1.90. The predicted molar refractivity (Wildman–Crippen MR) is 73.3 cm³/mol. The molecular weight excluding hydrogens is 258 g/mol. The van der Waals surface area contributed by atoms with Gasteiger partial charge in [0.2, 0.25) is 0 Å². The fourth-order valence-corrected chi connectivity index (χ4v) is 1.90. The quantitative estimate of drug-likeness (QED) is 0.914. The van der Waals surface area contributed by atoms with E-state index in [0.29, 0.717) is 16.6 Å². The standard InChI is InChI=1S/C14H15N3O3/c1-9(2)17(8-13(18)19)14(20)10-3-4-11-12(7-10)16-6-5-15-11/h3-7,9H,8H2,1-2H3,(H,18,19). The van der Waals surface area contributed by atoms with E-state index in [-0.39, 0.29) is 18.5 Å². The van der Waals surface area contributed by atoms with Gasteiger partial charge in [0.15, 0.2) is 0 Å². The van der Waals surface area contributed by atoms with Gasteiger partial charge >= 0.3 is 5.97 Å². The Bertz CT molecular complexity index is 655. The summed E-state index contributed by atoms with van der Waals surface area (Å²) in [5.74, 6) is -1.36. The third kappa shape index (κ3) is 2.90. The van der Waals surface area contributed by atoms with Gasteiger partial charge < -0.3 is 10.0 Å². The number of fused-ring (bicyclic) bond motifs is 1. The molecule has 1 amide bonds. The Morgan fingerprint density at radius 1 is 1.20 bits per heavy atom. The highest BCUT2D eigenvalue weighted by Crippen LogP contribution is 2.14. The number of carboxylic acids is 1. The summed E-state index contributed by atoms with van der Waals surface area (Å²) in [5, 5.41) is 8.88. The fraction of sp³-hybridized carbons (Fsp3) is 0.286. The Labute approximate surface area is 116 Å². The van der Waals surface area contributed by atoms with Crippen molar-refractivity contribution in [3.05, 3.63) is 36.2 Å². The monoisotopic (exact) mass is 273 g/mol. The Morgan fingerprint density at radius 2 is 1.85 bits per heavy atom. The lowest BCUT2D eigenvalue weighted by molar-refractivity contribution is -0.138. The van der Waals surface area contributed by atoms with Crippen molar-refractivity contribution in [2.24, 2.45) is 0 Å². The van der Waals surface area contributed by atoms with Gasteiger partial charge in [0.25, 0.3) is 5.91 Å². The summed E-state index contributed by atoms with van der Waals surface area (Å²) in [5.41, 5.74) is 1.71. The minimum Gasteiger partial charge on any atom is -0.480 e. The molecule has 2 aromatic rings. The van der Waals surface area contributed by atoms with Crippen molar-refractivity contribution in [1.29, 1.82) is 0 Å². The lowest BCUT2D eigenvalue weighted by Gasteiger charge is -2.24. The van der Waals surface area contributed by atoms with E-state index in [1.54, 1.807) is 44.4 Å². The van der Waals surface area contributed by atoms with Crippen molar-refractivity contribution in [3.63, 3.8) is 0 Å². The number of rotatable bonds is 4. The molecule has 0 radical (unpaired) electrons. The van der Waals surface area contributed by atoms with Crippen LogP contribution < -0.4 is 0 Å². The molecule has 1 heterocycles. The molecule has 20 heavy (non-hydrogen) atoms. The topological polar surface area (TPSA) is 83.4 Å². The first-order valence-corrected chi connectivity index (χ1v) is 6.22. The molecule has 6 heteroatoms. The lowest BCUT2D eigenvalue weighted by atomic mass is 10.1. The first kappa shape index (κ1) is 13.9. The molecule has 0 bridgehead atoms. The molecule has 0 aliphatic carbocycles. The van der Waals surface area contributed by atoms with Crippen LogP contribution in [0.3, 0.4) is 0 Å². The second kappa shape index (κ2) is 5.64. The predicted octanol–water partition coefficient (Wildman–Crippen LogP) is 1.56. The smallest absolute Gasteiger partial charge is 0.323 e. The van der Waals surface area contributed by atoms with Crippen LogP contribution in [-0.4, -0.2) is 44.4 Å². The highest BCUT2D eigenvalue weighted by atomic mass is 16.4. The van der Waals surface area contributed by atoms with Gasteiger partial charge in [0, 0.05) is 24.0 Å². The van der Waals surface area contributed by atoms with E-state index < -0.39 is 5.97 Å². The molecule has 1 aromatic heterocycles. The Morgan fingerprint density at radius 3 is 2.45 bits per heavy atom. The van der Waals surface area contributed by atoms with Gasteiger partial charge in [-0.15, -0.1) is 0 Å². The molecule has 0 aliphatic rings. The lowest BCUT2D eigenvalue weighted by Crippen LogP contribution is -2.40. The van der Waals surface area contributed by atoms with E-state index in [4.69, 9.17) is 5.11 Å². The van der Waals surface area contributed by atoms with Crippen LogP contribution in [0.2, 0.25) is 0 Å². The number of aliphatic carboxylic acids is 1. The minimum absolute atomic E-state index is 0.198. The number of carboxylic acid groups (broad SMARTS) is 1. The van der Waals surface area contributed by atoms with Crippen LogP contribution in [0, 0.1) is 0 Å². The maximum Gasteiger partial charge on any atom is 0.323 e. The van der Waals surface area contributed by atoms with E-state index >= 15 is 0 Å².